The summed E-state index contributed by atoms with van der Waals surface area (Å²) in [6.07, 6.45) is 0. The maximum Gasteiger partial charge on any atom is 0.227 e. The SMILES string of the molecule is c1cc2ccc(-c3ccccc3N(c3ccc(-c4ccc(-c5nc6ccccc6o5)cc4)cc3)c3ccc(-c4ccc5c(c4)oc4ccccc45)cc3)sc-2c1. The number of rotatable bonds is 7. The second-order valence-electron chi connectivity index (χ2n) is 14.0. The van der Waals surface area contributed by atoms with Crippen molar-refractivity contribution in [2.24, 2.45) is 0 Å². The molecule has 0 N–H and O–H groups in total. The molecule has 0 amide bonds. The van der Waals surface area contributed by atoms with Gasteiger partial charge in [-0.05, 0) is 113 Å². The first-order chi connectivity index (χ1) is 27.7. The first-order valence-electron chi connectivity index (χ1n) is 18.7. The third kappa shape index (κ3) is 5.65. The summed E-state index contributed by atoms with van der Waals surface area (Å²) < 4.78 is 12.3. The number of oxazole rings is 1. The lowest BCUT2D eigenvalue weighted by atomic mass is 10.0. The van der Waals surface area contributed by atoms with Crippen LogP contribution in [0, 0.1) is 0 Å². The molecule has 3 heterocycles. The average Bonchev–Trinajstić information content (AvgIpc) is 4.01. The Labute approximate surface area is 327 Å². The van der Waals surface area contributed by atoms with E-state index in [1.807, 2.05) is 47.7 Å². The van der Waals surface area contributed by atoms with Crippen molar-refractivity contribution in [1.82, 2.24) is 4.98 Å². The van der Waals surface area contributed by atoms with Crippen LogP contribution in [0.15, 0.2) is 203 Å². The molecule has 0 spiro atoms. The molecule has 0 bridgehead atoms. The van der Waals surface area contributed by atoms with Gasteiger partial charge >= 0.3 is 0 Å². The van der Waals surface area contributed by atoms with Crippen molar-refractivity contribution in [1.29, 1.82) is 0 Å². The summed E-state index contributed by atoms with van der Waals surface area (Å²) in [5.41, 5.74) is 14.6. The van der Waals surface area contributed by atoms with Gasteiger partial charge < -0.3 is 13.7 Å². The Hall–Kier alpha value is -7.21. The molecule has 2 aliphatic rings. The summed E-state index contributed by atoms with van der Waals surface area (Å²) in [7, 11) is 0. The molecule has 0 fully saturated rings. The van der Waals surface area contributed by atoms with E-state index < -0.39 is 0 Å². The highest BCUT2D eigenvalue weighted by Crippen LogP contribution is 2.45. The van der Waals surface area contributed by atoms with Crippen LogP contribution in [0.3, 0.4) is 0 Å². The molecule has 0 saturated heterocycles. The smallest absolute Gasteiger partial charge is 0.227 e. The number of hydrogen-bond acceptors (Lipinski definition) is 5. The van der Waals surface area contributed by atoms with Crippen LogP contribution < -0.4 is 4.90 Å². The summed E-state index contributed by atoms with van der Waals surface area (Å²) in [5.74, 6) is 0.627. The molecular formula is C51H32N2O2S. The minimum absolute atomic E-state index is 0.627. The zero-order valence-corrected chi connectivity index (χ0v) is 30.9. The van der Waals surface area contributed by atoms with E-state index >= 15 is 0 Å². The van der Waals surface area contributed by atoms with Crippen molar-refractivity contribution in [3.8, 4) is 54.6 Å². The van der Waals surface area contributed by atoms with E-state index in [0.29, 0.717) is 5.89 Å². The van der Waals surface area contributed by atoms with Gasteiger partial charge in [0.1, 0.15) is 16.7 Å². The second-order valence-corrected chi connectivity index (χ2v) is 15.0. The molecule has 2 aromatic heterocycles. The van der Waals surface area contributed by atoms with E-state index in [2.05, 4.69) is 168 Å². The molecule has 9 aromatic rings. The predicted molar refractivity (Wildman–Crippen MR) is 232 cm³/mol. The summed E-state index contributed by atoms with van der Waals surface area (Å²) in [5, 5.41) is 2.27. The molecule has 7 aromatic carbocycles. The van der Waals surface area contributed by atoms with Crippen molar-refractivity contribution in [3.63, 3.8) is 0 Å². The number of para-hydroxylation sites is 4. The number of nitrogens with zero attached hydrogens (tertiary/aromatic N) is 2. The highest BCUT2D eigenvalue weighted by molar-refractivity contribution is 7.18. The van der Waals surface area contributed by atoms with E-state index in [9.17, 15) is 0 Å². The second kappa shape index (κ2) is 13.3. The summed E-state index contributed by atoms with van der Waals surface area (Å²) >= 11 is 1.82. The van der Waals surface area contributed by atoms with Gasteiger partial charge in [-0.3, -0.25) is 0 Å². The van der Waals surface area contributed by atoms with E-state index in [4.69, 9.17) is 8.83 Å². The van der Waals surface area contributed by atoms with Gasteiger partial charge in [-0.2, -0.15) is 0 Å². The van der Waals surface area contributed by atoms with Crippen molar-refractivity contribution in [2.45, 2.75) is 0 Å². The Balaban J connectivity index is 0.968. The van der Waals surface area contributed by atoms with Crippen LogP contribution in [0.2, 0.25) is 0 Å². The van der Waals surface area contributed by atoms with Crippen LogP contribution in [0.25, 0.3) is 87.6 Å². The predicted octanol–water partition coefficient (Wildman–Crippen LogP) is 15.0. The third-order valence-electron chi connectivity index (χ3n) is 10.6. The molecule has 5 heteroatoms. The van der Waals surface area contributed by atoms with Gasteiger partial charge in [0.05, 0.1) is 5.69 Å². The average molecular weight is 737 g/mol. The van der Waals surface area contributed by atoms with Crippen LogP contribution in [-0.4, -0.2) is 4.98 Å². The van der Waals surface area contributed by atoms with Gasteiger partial charge in [-0.25, -0.2) is 4.98 Å². The Kier molecular flexibility index (Phi) is 7.64. The highest BCUT2D eigenvalue weighted by atomic mass is 32.1. The topological polar surface area (TPSA) is 42.4 Å². The molecule has 56 heavy (non-hydrogen) atoms. The number of benzene rings is 7. The Morgan fingerprint density at radius 3 is 1.79 bits per heavy atom. The van der Waals surface area contributed by atoms with Gasteiger partial charge in [-0.1, -0.05) is 109 Å². The minimum Gasteiger partial charge on any atom is -0.456 e. The third-order valence-corrected chi connectivity index (χ3v) is 11.7. The fraction of sp³-hybridized carbons (Fsp3) is 0. The first kappa shape index (κ1) is 32.2. The fourth-order valence-electron chi connectivity index (χ4n) is 7.73. The molecule has 1 aliphatic heterocycles. The van der Waals surface area contributed by atoms with Crippen molar-refractivity contribution in [3.05, 3.63) is 194 Å². The molecule has 11 rings (SSSR count). The first-order valence-corrected chi connectivity index (χ1v) is 19.5. The molecule has 0 atom stereocenters. The summed E-state index contributed by atoms with van der Waals surface area (Å²) in [6, 6.07) is 68.4. The van der Waals surface area contributed by atoms with Crippen LogP contribution >= 0.6 is 11.3 Å². The lowest BCUT2D eigenvalue weighted by molar-refractivity contribution is 0.620. The normalized spacial score (nSPS) is 11.6. The van der Waals surface area contributed by atoms with Crippen molar-refractivity contribution >= 4 is 61.4 Å². The van der Waals surface area contributed by atoms with Gasteiger partial charge in [0.2, 0.25) is 5.89 Å². The minimum atomic E-state index is 0.627. The lowest BCUT2D eigenvalue weighted by Crippen LogP contribution is -2.11. The standard InChI is InChI=1S/C51H32N2O2S/c1-4-12-45(43(10-1)50-31-25-36-8-7-15-49(36)56-50)53(40-28-22-35(23-29-40)38-24-30-42-41-9-2-5-13-46(41)54-48(42)32-38)39-26-20-34(21-27-39)33-16-18-37(19-17-33)51-52-44-11-3-6-14-47(44)55-51/h1-32H. The van der Waals surface area contributed by atoms with Gasteiger partial charge in [0, 0.05) is 43.0 Å². The summed E-state index contributed by atoms with van der Waals surface area (Å²) in [6.45, 7) is 0. The van der Waals surface area contributed by atoms with E-state index in [0.717, 1.165) is 77.9 Å². The van der Waals surface area contributed by atoms with Crippen molar-refractivity contribution in [2.75, 3.05) is 4.90 Å². The Morgan fingerprint density at radius 2 is 1.00 bits per heavy atom. The largest absolute Gasteiger partial charge is 0.456 e. The van der Waals surface area contributed by atoms with E-state index in [1.165, 1.54) is 20.9 Å². The lowest BCUT2D eigenvalue weighted by Gasteiger charge is -2.28. The number of aromatic nitrogens is 1. The van der Waals surface area contributed by atoms with Crippen LogP contribution in [-0.2, 0) is 0 Å². The van der Waals surface area contributed by atoms with Crippen molar-refractivity contribution < 1.29 is 8.83 Å². The monoisotopic (exact) mass is 736 g/mol. The quantitative estimate of drug-likeness (QED) is 0.163. The highest BCUT2D eigenvalue weighted by Gasteiger charge is 2.19. The van der Waals surface area contributed by atoms with Crippen LogP contribution in [0.1, 0.15) is 0 Å². The number of furan rings is 1. The summed E-state index contributed by atoms with van der Waals surface area (Å²) in [4.78, 5) is 9.54. The Bertz CT molecular complexity index is 3100. The molecule has 0 saturated carbocycles. The molecule has 264 valence electrons. The van der Waals surface area contributed by atoms with Gasteiger partial charge in [-0.15, -0.1) is 11.3 Å². The molecule has 4 nitrogen and oxygen atoms in total. The molecule has 0 radical (unpaired) electrons. The van der Waals surface area contributed by atoms with Gasteiger partial charge in [0.25, 0.3) is 0 Å². The maximum absolute atomic E-state index is 6.23. The molecular weight excluding hydrogens is 705 g/mol. The van der Waals surface area contributed by atoms with Crippen LogP contribution in [0.4, 0.5) is 17.1 Å². The fourth-order valence-corrected chi connectivity index (χ4v) is 8.78. The molecule has 1 aliphatic carbocycles. The zero-order chi connectivity index (χ0) is 37.0. The van der Waals surface area contributed by atoms with Gasteiger partial charge in [0.15, 0.2) is 5.58 Å². The number of fused-ring (bicyclic) bond motifs is 5. The van der Waals surface area contributed by atoms with E-state index in [-0.39, 0.29) is 0 Å². The zero-order valence-electron chi connectivity index (χ0n) is 30.1. The number of hydrogen-bond donors (Lipinski definition) is 0. The Morgan fingerprint density at radius 1 is 0.393 bits per heavy atom. The van der Waals surface area contributed by atoms with E-state index in [1.54, 1.807) is 0 Å². The van der Waals surface area contributed by atoms with Crippen LogP contribution in [0.5, 0.6) is 0 Å². The molecule has 0 unspecified atom stereocenters. The maximum atomic E-state index is 6.23. The number of anilines is 3.